The summed E-state index contributed by atoms with van der Waals surface area (Å²) in [6.07, 6.45) is 3.94. The molecule has 1 aliphatic carbocycles. The zero-order valence-electron chi connectivity index (χ0n) is 11.5. The van der Waals surface area contributed by atoms with Gasteiger partial charge in [0.1, 0.15) is 0 Å². The molecule has 1 aromatic heterocycles. The van der Waals surface area contributed by atoms with Crippen molar-refractivity contribution in [2.24, 2.45) is 11.8 Å². The molecule has 0 amide bonds. The number of rotatable bonds is 5. The summed E-state index contributed by atoms with van der Waals surface area (Å²) in [6, 6.07) is 5.89. The first-order valence-electron chi connectivity index (χ1n) is 6.86. The second kappa shape index (κ2) is 5.53. The van der Waals surface area contributed by atoms with Crippen LogP contribution in [0.5, 0.6) is 0 Å². The second-order valence-electron chi connectivity index (χ2n) is 5.96. The molecule has 2 rings (SSSR count). The number of hydrogen-bond acceptors (Lipinski definition) is 2. The lowest BCUT2D eigenvalue weighted by molar-refractivity contribution is 0.159. The van der Waals surface area contributed by atoms with E-state index < -0.39 is 0 Å². The highest BCUT2D eigenvalue weighted by Crippen LogP contribution is 2.33. The van der Waals surface area contributed by atoms with Crippen molar-refractivity contribution in [3.05, 3.63) is 21.9 Å². The Labute approximate surface area is 110 Å². The molecule has 17 heavy (non-hydrogen) atoms. The zero-order chi connectivity index (χ0) is 12.4. The van der Waals surface area contributed by atoms with Gasteiger partial charge in [0.05, 0.1) is 0 Å². The van der Waals surface area contributed by atoms with Crippen molar-refractivity contribution in [1.29, 1.82) is 0 Å². The quantitative estimate of drug-likeness (QED) is 0.833. The largest absolute Gasteiger partial charge is 0.311 e. The molecule has 0 aliphatic heterocycles. The van der Waals surface area contributed by atoms with Gasteiger partial charge in [0.2, 0.25) is 0 Å². The predicted octanol–water partition coefficient (Wildman–Crippen LogP) is 4.01. The highest BCUT2D eigenvalue weighted by molar-refractivity contribution is 7.11. The number of thiophene rings is 1. The van der Waals surface area contributed by atoms with E-state index in [9.17, 15) is 0 Å². The average molecular weight is 251 g/mol. The molecule has 1 fully saturated rings. The monoisotopic (exact) mass is 251 g/mol. The van der Waals surface area contributed by atoms with E-state index in [-0.39, 0.29) is 0 Å². The summed E-state index contributed by atoms with van der Waals surface area (Å²) in [4.78, 5) is 2.94. The van der Waals surface area contributed by atoms with Gasteiger partial charge in [-0.3, -0.25) is 0 Å². The molecule has 0 aromatic carbocycles. The first-order valence-corrected chi connectivity index (χ1v) is 7.67. The summed E-state index contributed by atoms with van der Waals surface area (Å²) < 4.78 is 0. The minimum atomic E-state index is 0.617. The van der Waals surface area contributed by atoms with Gasteiger partial charge in [-0.15, -0.1) is 11.3 Å². The van der Waals surface area contributed by atoms with Crippen LogP contribution in [0.3, 0.4) is 0 Å². The Balaban J connectivity index is 1.70. The molecule has 1 atom stereocenters. The summed E-state index contributed by atoms with van der Waals surface area (Å²) >= 11 is 1.93. The lowest BCUT2D eigenvalue weighted by Crippen LogP contribution is -2.47. The van der Waals surface area contributed by atoms with Gasteiger partial charge in [0.25, 0.3) is 0 Å². The Hall–Kier alpha value is -0.340. The normalized spacial score (nSPS) is 25.9. The summed E-state index contributed by atoms with van der Waals surface area (Å²) in [6.45, 7) is 9.20. The molecule has 2 heteroatoms. The van der Waals surface area contributed by atoms with Gasteiger partial charge in [-0.25, -0.2) is 0 Å². The van der Waals surface area contributed by atoms with Crippen LogP contribution in [0.2, 0.25) is 0 Å². The molecule has 1 unspecified atom stereocenters. The minimum Gasteiger partial charge on any atom is -0.311 e. The van der Waals surface area contributed by atoms with Crippen LogP contribution in [0.15, 0.2) is 12.1 Å². The maximum absolute atomic E-state index is 3.77. The zero-order valence-corrected chi connectivity index (χ0v) is 12.3. The summed E-state index contributed by atoms with van der Waals surface area (Å²) in [5.41, 5.74) is 0. The van der Waals surface area contributed by atoms with Crippen LogP contribution < -0.4 is 5.32 Å². The molecule has 1 saturated carbocycles. The van der Waals surface area contributed by atoms with Crippen LogP contribution in [0, 0.1) is 18.8 Å². The van der Waals surface area contributed by atoms with Gasteiger partial charge >= 0.3 is 0 Å². The Morgan fingerprint density at radius 1 is 1.29 bits per heavy atom. The predicted molar refractivity (Wildman–Crippen MR) is 76.7 cm³/mol. The summed E-state index contributed by atoms with van der Waals surface area (Å²) in [5, 5.41) is 3.77. The van der Waals surface area contributed by atoms with Crippen molar-refractivity contribution in [3.8, 4) is 0 Å². The van der Waals surface area contributed by atoms with Gasteiger partial charge in [-0.2, -0.15) is 0 Å². The molecule has 1 nitrogen and oxygen atoms in total. The molecule has 1 aliphatic rings. The lowest BCUT2D eigenvalue weighted by Gasteiger charge is -2.40. The number of hydrogen-bond donors (Lipinski definition) is 1. The van der Waals surface area contributed by atoms with Gasteiger partial charge in [0.15, 0.2) is 0 Å². The second-order valence-corrected chi connectivity index (χ2v) is 7.33. The SMILES string of the molecule is Cc1ccc(CC(C)NC2CC(C(C)C)C2)s1. The highest BCUT2D eigenvalue weighted by atomic mass is 32.1. The molecule has 0 spiro atoms. The van der Waals surface area contributed by atoms with Crippen molar-refractivity contribution in [3.63, 3.8) is 0 Å². The van der Waals surface area contributed by atoms with E-state index in [0.717, 1.165) is 17.9 Å². The summed E-state index contributed by atoms with van der Waals surface area (Å²) in [7, 11) is 0. The first kappa shape index (κ1) is 13.1. The van der Waals surface area contributed by atoms with Crippen LogP contribution in [-0.4, -0.2) is 12.1 Å². The van der Waals surface area contributed by atoms with Crippen LogP contribution in [-0.2, 0) is 6.42 Å². The third-order valence-electron chi connectivity index (χ3n) is 3.94. The topological polar surface area (TPSA) is 12.0 Å². The number of aryl methyl sites for hydroxylation is 1. The minimum absolute atomic E-state index is 0.617. The van der Waals surface area contributed by atoms with E-state index in [4.69, 9.17) is 0 Å². The van der Waals surface area contributed by atoms with Crippen molar-refractivity contribution < 1.29 is 0 Å². The van der Waals surface area contributed by atoms with E-state index in [1.807, 2.05) is 11.3 Å². The molecular weight excluding hydrogens is 226 g/mol. The third-order valence-corrected chi connectivity index (χ3v) is 4.96. The molecule has 0 radical (unpaired) electrons. The maximum atomic E-state index is 3.77. The molecule has 1 heterocycles. The van der Waals surface area contributed by atoms with Crippen LogP contribution >= 0.6 is 11.3 Å². The van der Waals surface area contributed by atoms with Crippen LogP contribution in [0.4, 0.5) is 0 Å². The van der Waals surface area contributed by atoms with E-state index in [2.05, 4.69) is 45.1 Å². The fourth-order valence-corrected chi connectivity index (χ4v) is 3.72. The van der Waals surface area contributed by atoms with Crippen molar-refractivity contribution in [1.82, 2.24) is 5.32 Å². The van der Waals surface area contributed by atoms with Crippen molar-refractivity contribution in [2.45, 2.75) is 59.0 Å². The third kappa shape index (κ3) is 3.56. The maximum Gasteiger partial charge on any atom is 0.00896 e. The van der Waals surface area contributed by atoms with E-state index in [1.165, 1.54) is 29.0 Å². The molecule has 0 saturated heterocycles. The smallest absolute Gasteiger partial charge is 0.00896 e. The van der Waals surface area contributed by atoms with E-state index in [0.29, 0.717) is 6.04 Å². The highest BCUT2D eigenvalue weighted by Gasteiger charge is 2.31. The fourth-order valence-electron chi connectivity index (χ4n) is 2.70. The Morgan fingerprint density at radius 3 is 2.53 bits per heavy atom. The van der Waals surface area contributed by atoms with E-state index in [1.54, 1.807) is 0 Å². The standard InChI is InChI=1S/C15H25NS/c1-10(2)13-8-14(9-13)16-11(3)7-15-6-5-12(4)17-15/h5-6,10-11,13-14,16H,7-9H2,1-4H3. The van der Waals surface area contributed by atoms with Gasteiger partial charge in [-0.1, -0.05) is 13.8 Å². The van der Waals surface area contributed by atoms with E-state index >= 15 is 0 Å². The van der Waals surface area contributed by atoms with Crippen LogP contribution in [0.1, 0.15) is 43.4 Å². The first-order chi connectivity index (χ1) is 8.04. The van der Waals surface area contributed by atoms with Gasteiger partial charge in [-0.05, 0) is 57.1 Å². The molecule has 96 valence electrons. The molecule has 1 N–H and O–H groups in total. The Bertz CT molecular complexity index is 350. The van der Waals surface area contributed by atoms with Crippen molar-refractivity contribution in [2.75, 3.05) is 0 Å². The fraction of sp³-hybridized carbons (Fsp3) is 0.733. The Morgan fingerprint density at radius 2 is 2.00 bits per heavy atom. The molecule has 0 bridgehead atoms. The van der Waals surface area contributed by atoms with Gasteiger partial charge < -0.3 is 5.32 Å². The summed E-state index contributed by atoms with van der Waals surface area (Å²) in [5.74, 6) is 1.83. The average Bonchev–Trinajstić information content (AvgIpc) is 2.56. The molecule has 1 aromatic rings. The molecular formula is C15H25NS. The Kier molecular flexibility index (Phi) is 4.26. The number of nitrogens with one attached hydrogen (secondary N) is 1. The van der Waals surface area contributed by atoms with Gasteiger partial charge in [0, 0.05) is 21.8 Å². The van der Waals surface area contributed by atoms with Crippen molar-refractivity contribution >= 4 is 11.3 Å². The lowest BCUT2D eigenvalue weighted by atomic mass is 9.73. The van der Waals surface area contributed by atoms with Crippen LogP contribution in [0.25, 0.3) is 0 Å².